The number of nitrogens with one attached hydrogen (secondary N) is 1. The highest BCUT2D eigenvalue weighted by atomic mass is 16.4. The van der Waals surface area contributed by atoms with Gasteiger partial charge in [-0.25, -0.2) is 4.98 Å². The Balaban J connectivity index is 1.80. The van der Waals surface area contributed by atoms with Gasteiger partial charge >= 0.3 is 0 Å². The van der Waals surface area contributed by atoms with Gasteiger partial charge in [-0.05, 0) is 45.2 Å². The number of rotatable bonds is 3. The van der Waals surface area contributed by atoms with Gasteiger partial charge in [-0.3, -0.25) is 0 Å². The van der Waals surface area contributed by atoms with Gasteiger partial charge in [0, 0.05) is 5.56 Å². The van der Waals surface area contributed by atoms with Crippen molar-refractivity contribution in [2.24, 2.45) is 0 Å². The van der Waals surface area contributed by atoms with Crippen LogP contribution in [0.2, 0.25) is 0 Å². The first-order valence-electron chi connectivity index (χ1n) is 7.59. The van der Waals surface area contributed by atoms with E-state index in [0.717, 1.165) is 29.5 Å². The van der Waals surface area contributed by atoms with E-state index < -0.39 is 0 Å². The second kappa shape index (κ2) is 5.80. The monoisotopic (exact) mass is 271 g/mol. The van der Waals surface area contributed by atoms with Crippen LogP contribution in [0.25, 0.3) is 11.5 Å². The lowest BCUT2D eigenvalue weighted by Gasteiger charge is -2.22. The number of hydrogen-bond donors (Lipinski definition) is 1. The number of likely N-dealkylation sites (tertiary alicyclic amines) is 1. The Labute approximate surface area is 120 Å². The predicted molar refractivity (Wildman–Crippen MR) is 79.7 cm³/mol. The lowest BCUT2D eigenvalue weighted by Crippen LogP contribution is -3.11. The first-order valence-corrected chi connectivity index (χ1v) is 7.59. The van der Waals surface area contributed by atoms with E-state index in [-0.39, 0.29) is 0 Å². The molecule has 3 nitrogen and oxygen atoms in total. The molecule has 1 aromatic carbocycles. The molecule has 106 valence electrons. The third kappa shape index (κ3) is 2.93. The summed E-state index contributed by atoms with van der Waals surface area (Å²) < 4.78 is 5.87. The molecule has 1 aliphatic rings. The van der Waals surface area contributed by atoms with E-state index in [9.17, 15) is 0 Å². The van der Waals surface area contributed by atoms with Crippen molar-refractivity contribution < 1.29 is 9.32 Å². The van der Waals surface area contributed by atoms with Gasteiger partial charge in [0.2, 0.25) is 5.89 Å². The summed E-state index contributed by atoms with van der Waals surface area (Å²) in [6.07, 6.45) is 4.07. The van der Waals surface area contributed by atoms with Gasteiger partial charge in [0.05, 0.1) is 13.1 Å². The Morgan fingerprint density at radius 1 is 1.15 bits per heavy atom. The first kappa shape index (κ1) is 13.4. The van der Waals surface area contributed by atoms with Gasteiger partial charge in [0.25, 0.3) is 0 Å². The highest BCUT2D eigenvalue weighted by molar-refractivity contribution is 5.54. The van der Waals surface area contributed by atoms with Crippen molar-refractivity contribution in [3.8, 4) is 11.5 Å². The summed E-state index contributed by atoms with van der Waals surface area (Å²) in [5, 5.41) is 0. The van der Waals surface area contributed by atoms with E-state index in [0.29, 0.717) is 0 Å². The molecule has 0 saturated carbocycles. The number of hydrogen-bond acceptors (Lipinski definition) is 2. The number of aromatic nitrogens is 1. The summed E-state index contributed by atoms with van der Waals surface area (Å²) in [7, 11) is 0. The first-order chi connectivity index (χ1) is 9.72. The summed E-state index contributed by atoms with van der Waals surface area (Å²) in [6, 6.07) is 8.34. The zero-order valence-corrected chi connectivity index (χ0v) is 12.4. The molecule has 1 N–H and O–H groups in total. The number of benzene rings is 1. The third-order valence-corrected chi connectivity index (χ3v) is 4.14. The van der Waals surface area contributed by atoms with Gasteiger partial charge in [-0.2, -0.15) is 0 Å². The molecule has 0 bridgehead atoms. The van der Waals surface area contributed by atoms with E-state index in [1.54, 1.807) is 4.90 Å². The van der Waals surface area contributed by atoms with Crippen LogP contribution in [-0.4, -0.2) is 18.1 Å². The molecule has 2 aromatic rings. The summed E-state index contributed by atoms with van der Waals surface area (Å²) in [5.41, 5.74) is 3.44. The smallest absolute Gasteiger partial charge is 0.226 e. The minimum Gasteiger partial charge on any atom is -0.441 e. The molecule has 0 radical (unpaired) electrons. The highest BCUT2D eigenvalue weighted by Gasteiger charge is 2.19. The molecule has 20 heavy (non-hydrogen) atoms. The van der Waals surface area contributed by atoms with Crippen LogP contribution in [0, 0.1) is 13.8 Å². The Kier molecular flexibility index (Phi) is 3.88. The molecule has 1 fully saturated rings. The van der Waals surface area contributed by atoms with Crippen LogP contribution in [0.3, 0.4) is 0 Å². The Bertz CT molecular complexity index is 582. The average molecular weight is 271 g/mol. The van der Waals surface area contributed by atoms with Crippen molar-refractivity contribution in [3.05, 3.63) is 41.3 Å². The Morgan fingerprint density at radius 3 is 2.70 bits per heavy atom. The molecule has 1 aliphatic heterocycles. The van der Waals surface area contributed by atoms with Crippen molar-refractivity contribution >= 4 is 0 Å². The number of quaternary nitrogens is 1. The molecule has 0 amide bonds. The van der Waals surface area contributed by atoms with E-state index >= 15 is 0 Å². The van der Waals surface area contributed by atoms with E-state index in [2.05, 4.69) is 31.2 Å². The minimum atomic E-state index is 0.762. The third-order valence-electron chi connectivity index (χ3n) is 4.14. The molecular formula is C17H23N2O+. The van der Waals surface area contributed by atoms with Gasteiger partial charge in [-0.1, -0.05) is 17.7 Å². The molecule has 0 atom stereocenters. The fourth-order valence-corrected chi connectivity index (χ4v) is 2.96. The molecular weight excluding hydrogens is 248 g/mol. The van der Waals surface area contributed by atoms with E-state index in [1.165, 1.54) is 37.9 Å². The molecule has 3 heteroatoms. The largest absolute Gasteiger partial charge is 0.441 e. The van der Waals surface area contributed by atoms with Crippen LogP contribution in [0.5, 0.6) is 0 Å². The van der Waals surface area contributed by atoms with Crippen LogP contribution >= 0.6 is 0 Å². The number of oxazole rings is 1. The van der Waals surface area contributed by atoms with Gasteiger partial charge < -0.3 is 9.32 Å². The fourth-order valence-electron chi connectivity index (χ4n) is 2.96. The second-order valence-electron chi connectivity index (χ2n) is 5.88. The van der Waals surface area contributed by atoms with Crippen molar-refractivity contribution in [2.75, 3.05) is 13.1 Å². The molecule has 0 spiro atoms. The standard InChI is InChI=1S/C17H22N2O/c1-13-7-6-8-15(11-13)17-18-16(14(2)20-17)12-19-9-4-3-5-10-19/h6-8,11H,3-5,9-10,12H2,1-2H3/p+1. The van der Waals surface area contributed by atoms with E-state index in [1.807, 2.05) is 6.92 Å². The predicted octanol–water partition coefficient (Wildman–Crippen LogP) is 2.53. The summed E-state index contributed by atoms with van der Waals surface area (Å²) >= 11 is 0. The maximum atomic E-state index is 5.87. The van der Waals surface area contributed by atoms with Crippen molar-refractivity contribution in [3.63, 3.8) is 0 Å². The van der Waals surface area contributed by atoms with Gasteiger partial charge in [-0.15, -0.1) is 0 Å². The molecule has 2 heterocycles. The van der Waals surface area contributed by atoms with E-state index in [4.69, 9.17) is 9.40 Å². The zero-order chi connectivity index (χ0) is 13.9. The van der Waals surface area contributed by atoms with Crippen molar-refractivity contribution in [2.45, 2.75) is 39.7 Å². The Morgan fingerprint density at radius 2 is 1.95 bits per heavy atom. The molecule has 0 aliphatic carbocycles. The summed E-state index contributed by atoms with van der Waals surface area (Å²) in [5.74, 6) is 1.73. The maximum Gasteiger partial charge on any atom is 0.226 e. The molecule has 1 saturated heterocycles. The lowest BCUT2D eigenvalue weighted by molar-refractivity contribution is -0.918. The number of aryl methyl sites for hydroxylation is 2. The Hall–Kier alpha value is -1.61. The lowest BCUT2D eigenvalue weighted by atomic mass is 10.1. The van der Waals surface area contributed by atoms with Crippen molar-refractivity contribution in [1.29, 1.82) is 0 Å². The topological polar surface area (TPSA) is 30.5 Å². The maximum absolute atomic E-state index is 5.87. The number of nitrogens with zero attached hydrogens (tertiary/aromatic N) is 1. The normalized spacial score (nSPS) is 16.5. The number of piperidine rings is 1. The quantitative estimate of drug-likeness (QED) is 0.930. The summed E-state index contributed by atoms with van der Waals surface area (Å²) in [6.45, 7) is 7.67. The fraction of sp³-hybridized carbons (Fsp3) is 0.471. The molecule has 1 aromatic heterocycles. The second-order valence-corrected chi connectivity index (χ2v) is 5.88. The van der Waals surface area contributed by atoms with Crippen LogP contribution in [0.1, 0.15) is 36.3 Å². The van der Waals surface area contributed by atoms with Crippen LogP contribution < -0.4 is 4.90 Å². The summed E-state index contributed by atoms with van der Waals surface area (Å²) in [4.78, 5) is 6.37. The minimum absolute atomic E-state index is 0.762. The van der Waals surface area contributed by atoms with Crippen LogP contribution in [-0.2, 0) is 6.54 Å². The van der Waals surface area contributed by atoms with Gasteiger partial charge in [0.15, 0.2) is 0 Å². The van der Waals surface area contributed by atoms with Gasteiger partial charge in [0.1, 0.15) is 18.0 Å². The molecule has 3 rings (SSSR count). The van der Waals surface area contributed by atoms with Crippen LogP contribution in [0.15, 0.2) is 28.7 Å². The van der Waals surface area contributed by atoms with Crippen molar-refractivity contribution in [1.82, 2.24) is 4.98 Å². The highest BCUT2D eigenvalue weighted by Crippen LogP contribution is 2.22. The van der Waals surface area contributed by atoms with Crippen LogP contribution in [0.4, 0.5) is 0 Å². The average Bonchev–Trinajstić information content (AvgIpc) is 2.81. The zero-order valence-electron chi connectivity index (χ0n) is 12.4. The SMILES string of the molecule is Cc1cccc(-c2nc(C[NH+]3CCCCC3)c(C)o2)c1. The molecule has 0 unspecified atom stereocenters.